The molecule has 0 saturated carbocycles. The summed E-state index contributed by atoms with van der Waals surface area (Å²) >= 11 is 0. The first-order valence-corrected chi connectivity index (χ1v) is 7.79. The maximum absolute atomic E-state index is 13.1. The summed E-state index contributed by atoms with van der Waals surface area (Å²) in [6.45, 7) is 3.45. The van der Waals surface area contributed by atoms with E-state index in [0.29, 0.717) is 11.7 Å². The van der Waals surface area contributed by atoms with Gasteiger partial charge >= 0.3 is 0 Å². The Hall–Kier alpha value is -2.35. The van der Waals surface area contributed by atoms with E-state index >= 15 is 0 Å². The van der Waals surface area contributed by atoms with Gasteiger partial charge in [-0.1, -0.05) is 5.16 Å². The summed E-state index contributed by atoms with van der Waals surface area (Å²) in [5.74, 6) is -0.684. The normalized spacial score (nSPS) is 16.3. The number of amides is 1. The van der Waals surface area contributed by atoms with Gasteiger partial charge in [0.05, 0.1) is 6.54 Å². The van der Waals surface area contributed by atoms with Crippen LogP contribution in [0.2, 0.25) is 0 Å². The first kappa shape index (κ1) is 16.5. The maximum Gasteiger partial charge on any atom is 0.238 e. The molecular weight excluding hydrogens is 318 g/mol. The number of halogens is 2. The Kier molecular flexibility index (Phi) is 4.84. The highest BCUT2D eigenvalue weighted by atomic mass is 19.2. The number of likely N-dealkylation sites (tertiary alicyclic amines) is 1. The lowest BCUT2D eigenvalue weighted by molar-refractivity contribution is -0.117. The van der Waals surface area contributed by atoms with E-state index in [-0.39, 0.29) is 24.1 Å². The Morgan fingerprint density at radius 3 is 2.71 bits per heavy atom. The molecule has 1 aliphatic heterocycles. The van der Waals surface area contributed by atoms with E-state index in [2.05, 4.69) is 15.5 Å². The van der Waals surface area contributed by atoms with Gasteiger partial charge in [0.1, 0.15) is 0 Å². The number of nitrogens with one attached hydrogen (secondary N) is 1. The summed E-state index contributed by atoms with van der Waals surface area (Å²) in [7, 11) is 0. The molecule has 0 aliphatic carbocycles. The molecule has 6 nitrogen and oxygen atoms in total. The molecule has 0 spiro atoms. The van der Waals surface area contributed by atoms with Crippen LogP contribution < -0.4 is 5.32 Å². The number of anilines is 1. The summed E-state index contributed by atoms with van der Waals surface area (Å²) in [6, 6.07) is 3.29. The number of benzene rings is 1. The number of nitrogens with zero attached hydrogens (tertiary/aromatic N) is 3. The van der Waals surface area contributed by atoms with Crippen LogP contribution in [0.25, 0.3) is 0 Å². The molecule has 2 heterocycles. The van der Waals surface area contributed by atoms with Crippen LogP contribution in [0.1, 0.15) is 30.5 Å². The molecule has 1 amide bonds. The molecule has 1 saturated heterocycles. The van der Waals surface area contributed by atoms with E-state index in [1.165, 1.54) is 6.07 Å². The van der Waals surface area contributed by atoms with Crippen molar-refractivity contribution in [2.45, 2.75) is 25.7 Å². The van der Waals surface area contributed by atoms with Gasteiger partial charge < -0.3 is 9.84 Å². The van der Waals surface area contributed by atoms with Crippen molar-refractivity contribution in [1.29, 1.82) is 0 Å². The lowest BCUT2D eigenvalue weighted by Crippen LogP contribution is -2.38. The quantitative estimate of drug-likeness (QED) is 0.929. The minimum Gasteiger partial charge on any atom is -0.339 e. The predicted molar refractivity (Wildman–Crippen MR) is 82.4 cm³/mol. The van der Waals surface area contributed by atoms with Gasteiger partial charge in [-0.05, 0) is 45.0 Å². The van der Waals surface area contributed by atoms with E-state index in [9.17, 15) is 13.6 Å². The van der Waals surface area contributed by atoms with Crippen molar-refractivity contribution in [3.05, 3.63) is 41.5 Å². The second-order valence-electron chi connectivity index (χ2n) is 5.91. The van der Waals surface area contributed by atoms with Crippen molar-refractivity contribution in [2.75, 3.05) is 25.0 Å². The largest absolute Gasteiger partial charge is 0.339 e. The summed E-state index contributed by atoms with van der Waals surface area (Å²) in [4.78, 5) is 18.3. The average molecular weight is 336 g/mol. The number of carbonyl (C=O) groups excluding carboxylic acids is 1. The highest BCUT2D eigenvalue weighted by Gasteiger charge is 2.25. The third-order valence-electron chi connectivity index (χ3n) is 4.05. The first-order chi connectivity index (χ1) is 11.5. The van der Waals surface area contributed by atoms with Gasteiger partial charge in [0.15, 0.2) is 17.5 Å². The molecule has 8 heteroatoms. The molecule has 2 aromatic rings. The topological polar surface area (TPSA) is 71.3 Å². The Morgan fingerprint density at radius 1 is 1.33 bits per heavy atom. The van der Waals surface area contributed by atoms with Gasteiger partial charge in [0.2, 0.25) is 11.8 Å². The van der Waals surface area contributed by atoms with Crippen LogP contribution >= 0.6 is 0 Å². The third-order valence-corrected chi connectivity index (χ3v) is 4.05. The molecule has 0 radical (unpaired) electrons. The van der Waals surface area contributed by atoms with E-state index in [4.69, 9.17) is 4.52 Å². The molecule has 0 bridgehead atoms. The van der Waals surface area contributed by atoms with Gasteiger partial charge in [0, 0.05) is 17.7 Å². The Morgan fingerprint density at radius 2 is 2.08 bits per heavy atom. The molecule has 0 unspecified atom stereocenters. The summed E-state index contributed by atoms with van der Waals surface area (Å²) in [6.07, 6.45) is 1.67. The van der Waals surface area contributed by atoms with Crippen LogP contribution in [0.15, 0.2) is 22.7 Å². The molecule has 1 aromatic heterocycles. The fraction of sp³-hybridized carbons (Fsp3) is 0.438. The van der Waals surface area contributed by atoms with Crippen LogP contribution in [0.4, 0.5) is 14.5 Å². The number of hydrogen-bond acceptors (Lipinski definition) is 5. The fourth-order valence-corrected chi connectivity index (χ4v) is 2.79. The van der Waals surface area contributed by atoms with Crippen LogP contribution in [0.3, 0.4) is 0 Å². The number of carbonyl (C=O) groups is 1. The van der Waals surface area contributed by atoms with Crippen molar-refractivity contribution in [1.82, 2.24) is 15.0 Å². The van der Waals surface area contributed by atoms with Gasteiger partial charge in [-0.25, -0.2) is 8.78 Å². The van der Waals surface area contributed by atoms with E-state index < -0.39 is 11.6 Å². The lowest BCUT2D eigenvalue weighted by atomic mass is 9.97. The molecule has 3 rings (SSSR count). The van der Waals surface area contributed by atoms with Gasteiger partial charge in [0.25, 0.3) is 0 Å². The smallest absolute Gasteiger partial charge is 0.238 e. The van der Waals surface area contributed by atoms with Crippen molar-refractivity contribution in [2.24, 2.45) is 0 Å². The Labute approximate surface area is 137 Å². The van der Waals surface area contributed by atoms with Crippen molar-refractivity contribution in [3.8, 4) is 0 Å². The molecule has 24 heavy (non-hydrogen) atoms. The molecule has 0 atom stereocenters. The maximum atomic E-state index is 13.1. The zero-order valence-electron chi connectivity index (χ0n) is 13.3. The van der Waals surface area contributed by atoms with Crippen LogP contribution in [0.5, 0.6) is 0 Å². The fourth-order valence-electron chi connectivity index (χ4n) is 2.79. The molecule has 128 valence electrons. The van der Waals surface area contributed by atoms with Gasteiger partial charge in [-0.3, -0.25) is 9.69 Å². The van der Waals surface area contributed by atoms with Crippen LogP contribution in [0, 0.1) is 18.6 Å². The SMILES string of the molecule is Cc1noc(C2CCN(CC(=O)Nc3ccc(F)c(F)c3)CC2)n1. The van der Waals surface area contributed by atoms with Crippen molar-refractivity contribution < 1.29 is 18.1 Å². The van der Waals surface area contributed by atoms with Crippen LogP contribution in [-0.2, 0) is 4.79 Å². The monoisotopic (exact) mass is 336 g/mol. The molecule has 1 aliphatic rings. The highest BCUT2D eigenvalue weighted by Crippen LogP contribution is 2.26. The number of piperidine rings is 1. The molecule has 1 N–H and O–H groups in total. The summed E-state index contributed by atoms with van der Waals surface area (Å²) in [5.41, 5.74) is 0.245. The highest BCUT2D eigenvalue weighted by molar-refractivity contribution is 5.92. The van der Waals surface area contributed by atoms with E-state index in [1.54, 1.807) is 6.92 Å². The number of aryl methyl sites for hydroxylation is 1. The zero-order chi connectivity index (χ0) is 17.1. The second-order valence-corrected chi connectivity index (χ2v) is 5.91. The van der Waals surface area contributed by atoms with Gasteiger partial charge in [-0.2, -0.15) is 4.98 Å². The van der Waals surface area contributed by atoms with E-state index in [1.807, 2.05) is 4.90 Å². The molecular formula is C16H18F2N4O2. The Bertz CT molecular complexity index is 727. The van der Waals surface area contributed by atoms with E-state index in [0.717, 1.165) is 38.1 Å². The summed E-state index contributed by atoms with van der Waals surface area (Å²) in [5, 5.41) is 6.37. The number of hydrogen-bond donors (Lipinski definition) is 1. The minimum atomic E-state index is -0.983. The van der Waals surface area contributed by atoms with Crippen molar-refractivity contribution in [3.63, 3.8) is 0 Å². The average Bonchev–Trinajstić information content (AvgIpc) is 2.98. The minimum absolute atomic E-state index is 0.203. The Balaban J connectivity index is 1.48. The van der Waals surface area contributed by atoms with Gasteiger partial charge in [-0.15, -0.1) is 0 Å². The standard InChI is InChI=1S/C16H18F2N4O2/c1-10-19-16(24-21-10)11-4-6-22(7-5-11)9-15(23)20-12-2-3-13(17)14(18)8-12/h2-3,8,11H,4-7,9H2,1H3,(H,20,23). The predicted octanol–water partition coefficient (Wildman–Crippen LogP) is 2.47. The summed E-state index contributed by atoms with van der Waals surface area (Å²) < 4.78 is 31.2. The molecule has 1 aromatic carbocycles. The number of aromatic nitrogens is 2. The second kappa shape index (κ2) is 7.04. The lowest BCUT2D eigenvalue weighted by Gasteiger charge is -2.29. The zero-order valence-corrected chi connectivity index (χ0v) is 13.3. The molecule has 1 fully saturated rings. The van der Waals surface area contributed by atoms with Crippen molar-refractivity contribution >= 4 is 11.6 Å². The van der Waals surface area contributed by atoms with Crippen LogP contribution in [-0.4, -0.2) is 40.6 Å². The number of rotatable bonds is 4. The first-order valence-electron chi connectivity index (χ1n) is 7.79. The third kappa shape index (κ3) is 3.94.